The van der Waals surface area contributed by atoms with Gasteiger partial charge >= 0.3 is 0 Å². The van der Waals surface area contributed by atoms with Gasteiger partial charge < -0.3 is 4.79 Å². The summed E-state index contributed by atoms with van der Waals surface area (Å²) in [5, 5.41) is 0. The Hall–Kier alpha value is -0.330. The normalized spacial score (nSPS) is 11.6. The van der Waals surface area contributed by atoms with Gasteiger partial charge in [0.2, 0.25) is 0 Å². The van der Waals surface area contributed by atoms with Gasteiger partial charge in [-0.05, 0) is 25.2 Å². The monoisotopic (exact) mass is 156 g/mol. The minimum absolute atomic E-state index is 0.314. The minimum atomic E-state index is 0.314. The number of ketones is 1. The lowest BCUT2D eigenvalue weighted by Crippen LogP contribution is -2.12. The van der Waals surface area contributed by atoms with Crippen LogP contribution in [0.5, 0.6) is 0 Å². The van der Waals surface area contributed by atoms with Crippen LogP contribution in [0.1, 0.15) is 53.4 Å². The van der Waals surface area contributed by atoms with Crippen LogP contribution in [0.3, 0.4) is 0 Å². The van der Waals surface area contributed by atoms with E-state index < -0.39 is 0 Å². The lowest BCUT2D eigenvalue weighted by atomic mass is 9.83. The predicted molar refractivity (Wildman–Crippen MR) is 48.6 cm³/mol. The van der Waals surface area contributed by atoms with Gasteiger partial charge in [0.25, 0.3) is 0 Å². The summed E-state index contributed by atoms with van der Waals surface area (Å²) in [7, 11) is 0. The molecular formula is C10H20O. The van der Waals surface area contributed by atoms with Crippen LogP contribution in [0.25, 0.3) is 0 Å². The Morgan fingerprint density at radius 2 is 1.82 bits per heavy atom. The average Bonchev–Trinajstić information content (AvgIpc) is 1.84. The smallest absolute Gasteiger partial charge is 0.129 e. The first-order chi connectivity index (χ1) is 4.98. The molecule has 0 bridgehead atoms. The van der Waals surface area contributed by atoms with E-state index in [0.29, 0.717) is 11.2 Å². The van der Waals surface area contributed by atoms with Crippen molar-refractivity contribution in [3.05, 3.63) is 0 Å². The minimum Gasteiger partial charge on any atom is -0.300 e. The first kappa shape index (κ1) is 10.7. The maximum atomic E-state index is 10.7. The van der Waals surface area contributed by atoms with E-state index in [1.54, 1.807) is 6.92 Å². The molecule has 0 aromatic heterocycles. The molecule has 1 heteroatoms. The number of hydrogen-bond acceptors (Lipinski definition) is 1. The maximum Gasteiger partial charge on any atom is 0.129 e. The average molecular weight is 156 g/mol. The summed E-state index contributed by atoms with van der Waals surface area (Å²) in [6.07, 6.45) is 4.22. The van der Waals surface area contributed by atoms with E-state index in [0.717, 1.165) is 12.8 Å². The van der Waals surface area contributed by atoms with Crippen molar-refractivity contribution in [2.75, 3.05) is 0 Å². The van der Waals surface area contributed by atoms with Crippen LogP contribution >= 0.6 is 0 Å². The molecule has 0 saturated heterocycles. The molecule has 0 heterocycles. The second-order valence-electron chi connectivity index (χ2n) is 4.12. The second-order valence-corrected chi connectivity index (χ2v) is 4.12. The standard InChI is InChI=1S/C10H20O/c1-5-7-10(3,4)8-6-9(2)11/h5-8H2,1-4H3. The number of hydrogen-bond donors (Lipinski definition) is 0. The molecule has 0 aliphatic rings. The van der Waals surface area contributed by atoms with E-state index in [4.69, 9.17) is 0 Å². The highest BCUT2D eigenvalue weighted by Gasteiger charge is 2.16. The van der Waals surface area contributed by atoms with Gasteiger partial charge in [0.05, 0.1) is 0 Å². The lowest BCUT2D eigenvalue weighted by molar-refractivity contribution is -0.117. The zero-order chi connectivity index (χ0) is 8.91. The SMILES string of the molecule is CCCC(C)(C)CCC(C)=O. The third-order valence-corrected chi connectivity index (χ3v) is 2.08. The summed E-state index contributed by atoms with van der Waals surface area (Å²) in [4.78, 5) is 10.7. The van der Waals surface area contributed by atoms with E-state index in [9.17, 15) is 4.79 Å². The molecule has 0 rings (SSSR count). The summed E-state index contributed by atoms with van der Waals surface area (Å²) >= 11 is 0. The van der Waals surface area contributed by atoms with Gasteiger partial charge in [-0.15, -0.1) is 0 Å². The first-order valence-corrected chi connectivity index (χ1v) is 4.47. The van der Waals surface area contributed by atoms with Crippen molar-refractivity contribution in [3.63, 3.8) is 0 Å². The number of carbonyl (C=O) groups excluding carboxylic acids is 1. The van der Waals surface area contributed by atoms with Crippen LogP contribution in [0.4, 0.5) is 0 Å². The number of carbonyl (C=O) groups is 1. The number of rotatable bonds is 5. The molecule has 0 radical (unpaired) electrons. The Labute approximate surface area is 70.2 Å². The van der Waals surface area contributed by atoms with Gasteiger partial charge in [-0.2, -0.15) is 0 Å². The molecule has 0 saturated carbocycles. The van der Waals surface area contributed by atoms with Crippen LogP contribution < -0.4 is 0 Å². The van der Waals surface area contributed by atoms with Gasteiger partial charge in [-0.3, -0.25) is 0 Å². The highest BCUT2D eigenvalue weighted by atomic mass is 16.1. The highest BCUT2D eigenvalue weighted by molar-refractivity contribution is 5.75. The zero-order valence-electron chi connectivity index (χ0n) is 8.24. The van der Waals surface area contributed by atoms with E-state index in [1.807, 2.05) is 0 Å². The van der Waals surface area contributed by atoms with Crippen molar-refractivity contribution in [2.45, 2.75) is 53.4 Å². The van der Waals surface area contributed by atoms with Gasteiger partial charge in [-0.25, -0.2) is 0 Å². The molecule has 0 aromatic carbocycles. The Morgan fingerprint density at radius 1 is 1.27 bits per heavy atom. The fraction of sp³-hybridized carbons (Fsp3) is 0.900. The molecule has 66 valence electrons. The third kappa shape index (κ3) is 6.08. The van der Waals surface area contributed by atoms with Crippen molar-refractivity contribution in [3.8, 4) is 0 Å². The van der Waals surface area contributed by atoms with Crippen LogP contribution in [-0.4, -0.2) is 5.78 Å². The van der Waals surface area contributed by atoms with Crippen molar-refractivity contribution >= 4 is 5.78 Å². The summed E-state index contributed by atoms with van der Waals surface area (Å²) in [6.45, 7) is 8.33. The lowest BCUT2D eigenvalue weighted by Gasteiger charge is -2.22. The third-order valence-electron chi connectivity index (χ3n) is 2.08. The van der Waals surface area contributed by atoms with Gasteiger partial charge in [0.15, 0.2) is 0 Å². The van der Waals surface area contributed by atoms with E-state index in [-0.39, 0.29) is 0 Å². The predicted octanol–water partition coefficient (Wildman–Crippen LogP) is 3.18. The maximum absolute atomic E-state index is 10.7. The quantitative estimate of drug-likeness (QED) is 0.597. The van der Waals surface area contributed by atoms with Crippen molar-refractivity contribution in [2.24, 2.45) is 5.41 Å². The molecule has 0 amide bonds. The fourth-order valence-electron chi connectivity index (χ4n) is 1.32. The first-order valence-electron chi connectivity index (χ1n) is 4.47. The van der Waals surface area contributed by atoms with Crippen molar-refractivity contribution in [1.82, 2.24) is 0 Å². The van der Waals surface area contributed by atoms with Crippen molar-refractivity contribution in [1.29, 1.82) is 0 Å². The van der Waals surface area contributed by atoms with Gasteiger partial charge in [0.1, 0.15) is 5.78 Å². The van der Waals surface area contributed by atoms with Crippen molar-refractivity contribution < 1.29 is 4.79 Å². The largest absolute Gasteiger partial charge is 0.300 e. The van der Waals surface area contributed by atoms with E-state index in [2.05, 4.69) is 20.8 Å². The van der Waals surface area contributed by atoms with E-state index >= 15 is 0 Å². The Morgan fingerprint density at radius 3 is 2.18 bits per heavy atom. The molecule has 11 heavy (non-hydrogen) atoms. The van der Waals surface area contributed by atoms with Gasteiger partial charge in [0, 0.05) is 6.42 Å². The van der Waals surface area contributed by atoms with E-state index in [1.165, 1.54) is 12.8 Å². The molecule has 0 unspecified atom stereocenters. The topological polar surface area (TPSA) is 17.1 Å². The molecule has 1 nitrogen and oxygen atoms in total. The molecule has 0 atom stereocenters. The molecule has 0 spiro atoms. The highest BCUT2D eigenvalue weighted by Crippen LogP contribution is 2.27. The Balaban J connectivity index is 3.63. The summed E-state index contributed by atoms with van der Waals surface area (Å²) < 4.78 is 0. The molecule has 0 aromatic rings. The molecular weight excluding hydrogens is 136 g/mol. The number of Topliss-reactive ketones (excluding diaryl/α,β-unsaturated/α-hetero) is 1. The fourth-order valence-corrected chi connectivity index (χ4v) is 1.32. The second kappa shape index (κ2) is 4.53. The summed E-state index contributed by atoms with van der Waals surface area (Å²) in [6, 6.07) is 0. The van der Waals surface area contributed by atoms with Crippen LogP contribution in [0.2, 0.25) is 0 Å². The Kier molecular flexibility index (Phi) is 4.39. The zero-order valence-corrected chi connectivity index (χ0v) is 8.24. The summed E-state index contributed by atoms with van der Waals surface area (Å²) in [5.41, 5.74) is 0.362. The van der Waals surface area contributed by atoms with Crippen LogP contribution in [0.15, 0.2) is 0 Å². The molecule has 0 aliphatic heterocycles. The van der Waals surface area contributed by atoms with Gasteiger partial charge in [-0.1, -0.05) is 27.2 Å². The molecule has 0 fully saturated rings. The van der Waals surface area contributed by atoms with Crippen LogP contribution in [-0.2, 0) is 4.79 Å². The molecule has 0 aliphatic carbocycles. The van der Waals surface area contributed by atoms with Crippen LogP contribution in [0, 0.1) is 5.41 Å². The molecule has 0 N–H and O–H groups in total. The summed E-state index contributed by atoms with van der Waals surface area (Å²) in [5.74, 6) is 0.314. The Bertz CT molecular complexity index is 125.